The van der Waals surface area contributed by atoms with Crippen molar-refractivity contribution in [2.75, 3.05) is 0 Å². The maximum atomic E-state index is 9.36. The van der Waals surface area contributed by atoms with E-state index in [9.17, 15) is 5.11 Å². The summed E-state index contributed by atoms with van der Waals surface area (Å²) >= 11 is 0. The fourth-order valence-electron chi connectivity index (χ4n) is 3.67. The van der Waals surface area contributed by atoms with Gasteiger partial charge < -0.3 is 10.2 Å². The number of para-hydroxylation sites is 1. The monoisotopic (exact) mass is 613 g/mol. The Kier molecular flexibility index (Phi) is 17.4. The third-order valence-corrected chi connectivity index (χ3v) is 5.93. The fourth-order valence-corrected chi connectivity index (χ4v) is 3.67. The Morgan fingerprint density at radius 2 is 1.52 bits per heavy atom. The molecule has 3 rings (SSSR count). The Bertz CT molecular complexity index is 1320. The van der Waals surface area contributed by atoms with Crippen molar-refractivity contribution in [2.24, 2.45) is 9.98 Å². The van der Waals surface area contributed by atoms with Crippen LogP contribution < -0.4 is 0 Å². The number of phenols is 2. The molecule has 0 radical (unpaired) electrons. The molecule has 0 aliphatic heterocycles. The van der Waals surface area contributed by atoms with E-state index >= 15 is 0 Å². The molecule has 0 amide bonds. The summed E-state index contributed by atoms with van der Waals surface area (Å²) in [5.74, 6) is -0.0201. The number of aromatic hydroxyl groups is 2. The van der Waals surface area contributed by atoms with Crippen LogP contribution in [0.2, 0.25) is 0 Å². The minimum absolute atomic E-state index is 0. The zero-order valence-electron chi connectivity index (χ0n) is 24.0. The molecule has 0 fully saturated rings. The van der Waals surface area contributed by atoms with Crippen molar-refractivity contribution in [2.45, 2.75) is 59.8 Å². The van der Waals surface area contributed by atoms with Gasteiger partial charge in [-0.15, -0.1) is 0 Å². The first-order valence-corrected chi connectivity index (χ1v) is 13.7. The second-order valence-electron chi connectivity index (χ2n) is 9.13. The number of allylic oxidation sites excluding steroid dienone is 5. The Morgan fingerprint density at radius 1 is 0.825 bits per heavy atom. The van der Waals surface area contributed by atoms with E-state index < -0.39 is 0 Å². The molecule has 0 aliphatic rings. The molecule has 246 valence electrons. The van der Waals surface area contributed by atoms with Gasteiger partial charge in [-0.2, -0.15) is 0 Å². The van der Waals surface area contributed by atoms with Crippen LogP contribution in [0.15, 0.2) is 107 Å². The molecule has 0 spiro atoms. The van der Waals surface area contributed by atoms with Gasteiger partial charge in [0.2, 0.25) is 0 Å². The molecular weight excluding hydrogens is 539 g/mol. The van der Waals surface area contributed by atoms with Gasteiger partial charge in [0, 0.05) is 45.5 Å². The van der Waals surface area contributed by atoms with Crippen LogP contribution in [-0.4, -0.2) is 22.1 Å². The van der Waals surface area contributed by atoms with Gasteiger partial charge in [-0.1, -0.05) is 99.5 Å². The van der Waals surface area contributed by atoms with E-state index in [-0.39, 0.29) is 50.8 Å². The largest absolute Gasteiger partial charge is 0.504 e. The quantitative estimate of drug-likeness (QED) is 0.0978. The van der Waals surface area contributed by atoms with Gasteiger partial charge in [-0.05, 0) is 80.1 Å². The number of aryl methyl sites for hydroxylation is 1. The van der Waals surface area contributed by atoms with Gasteiger partial charge in [0.05, 0.1) is 17.1 Å². The number of phenolic OH excluding ortho intramolecular Hbond substituents is 2. The predicted molar refractivity (Wildman–Crippen MR) is 203 cm³/mol. The third kappa shape index (κ3) is 12.9. The molecule has 4 nitrogen and oxygen atoms in total. The van der Waals surface area contributed by atoms with Crippen LogP contribution >= 0.6 is 0 Å². The molecule has 2 N–H and O–H groups in total. The number of aliphatic imine (C=N–C) groups is 2. The minimum Gasteiger partial charge on any atom is -0.504 e. The summed E-state index contributed by atoms with van der Waals surface area (Å²) < 4.78 is 0. The van der Waals surface area contributed by atoms with Gasteiger partial charge in [0.15, 0.2) is 11.5 Å². The minimum atomic E-state index is -0.0349. The molecule has 3 aromatic rings. The number of hydrogen-bond donors (Lipinski definition) is 2. The first-order chi connectivity index (χ1) is 19.0. The summed E-state index contributed by atoms with van der Waals surface area (Å²) in [4.78, 5) is 9.35. The Labute approximate surface area is 274 Å². The normalized spacial score (nSPS) is 11.8. The van der Waals surface area contributed by atoms with Crippen LogP contribution in [-0.2, 0) is 22.9 Å². The number of benzene rings is 3. The molecule has 3 aromatic carbocycles. The molecule has 0 bridgehead atoms. The van der Waals surface area contributed by atoms with Gasteiger partial charge in [0.1, 0.15) is 0 Å². The van der Waals surface area contributed by atoms with Crippen molar-refractivity contribution in [3.63, 3.8) is 0 Å². The van der Waals surface area contributed by atoms with Crippen LogP contribution in [0.4, 0.5) is 11.4 Å². The van der Waals surface area contributed by atoms with E-state index in [1.165, 1.54) is 6.07 Å². The van der Waals surface area contributed by atoms with Crippen molar-refractivity contribution in [1.82, 2.24) is 0 Å². The molecule has 0 atom stereocenters. The summed E-state index contributed by atoms with van der Waals surface area (Å²) in [5, 5.41) is 18.5. The van der Waals surface area contributed by atoms with E-state index in [2.05, 4.69) is 37.0 Å². The van der Waals surface area contributed by atoms with E-state index in [4.69, 9.17) is 10.1 Å². The molecule has 0 aromatic heterocycles. The second-order valence-corrected chi connectivity index (χ2v) is 9.13. The summed E-state index contributed by atoms with van der Waals surface area (Å²) in [5.41, 5.74) is 5.98. The zero-order valence-corrected chi connectivity index (χ0v) is 25.0. The van der Waals surface area contributed by atoms with E-state index in [0.717, 1.165) is 65.9 Å². The third-order valence-electron chi connectivity index (χ3n) is 5.93. The summed E-state index contributed by atoms with van der Waals surface area (Å²) in [6.45, 7) is 8.10. The Balaban J connectivity index is -0.0000000354. The van der Waals surface area contributed by atoms with Crippen molar-refractivity contribution in [3.05, 3.63) is 114 Å². The zero-order chi connectivity index (χ0) is 28.3. The molecule has 0 aliphatic carbocycles. The van der Waals surface area contributed by atoms with E-state index in [1.54, 1.807) is 0 Å². The molecule has 40 heavy (non-hydrogen) atoms. The van der Waals surface area contributed by atoms with Gasteiger partial charge in [-0.3, -0.25) is 9.98 Å². The van der Waals surface area contributed by atoms with Crippen LogP contribution in [0.25, 0.3) is 6.08 Å². The standard InChI is InChI=1S/C25H28N2.C10H14O2.Ni.16H2/c1-3-5-7-8-10-13-22-17-19-23(20-18-22)26-21-25(14-6-4-2)27-24-15-11-9-12-16-24;1-3-4-8-5-6-9(11)10(12)7(8)2;;;;;;;;;;;;;;;;;/h3,5,7-13,15-21H,4,6,14H2,1-2H3;5-6,11-12H,3-4H2,1-2H3;;16*1H/b5-3+,8-7+,13-10-,26-21?,27-25?;;;;;;;;;;;;;;;;;;. The molecule has 0 unspecified atom stereocenters. The number of hydrogen-bond acceptors (Lipinski definition) is 4. The van der Waals surface area contributed by atoms with Crippen LogP contribution in [0, 0.1) is 6.92 Å². The topological polar surface area (TPSA) is 65.2 Å². The van der Waals surface area contributed by atoms with E-state index in [0.29, 0.717) is 0 Å². The second kappa shape index (κ2) is 20.2. The van der Waals surface area contributed by atoms with Crippen molar-refractivity contribution >= 4 is 29.4 Å². The van der Waals surface area contributed by atoms with Crippen molar-refractivity contribution in [3.8, 4) is 11.5 Å². The summed E-state index contributed by atoms with van der Waals surface area (Å²) in [6.07, 6.45) is 19.2. The Hall–Kier alpha value is -3.69. The smallest absolute Gasteiger partial charge is 0.160 e. The van der Waals surface area contributed by atoms with Crippen LogP contribution in [0.5, 0.6) is 11.5 Å². The van der Waals surface area contributed by atoms with E-state index in [1.807, 2.05) is 99.0 Å². The summed E-state index contributed by atoms with van der Waals surface area (Å²) in [6, 6.07) is 21.7. The van der Waals surface area contributed by atoms with Crippen LogP contribution in [0.3, 0.4) is 0 Å². The SMILES string of the molecule is C/C=C/C=C/C=C\c1ccc(N=CC(CCCC)=Nc2ccccc2)cc1.CCCc1ccc(O)c(O)c1C.[HH].[HH].[HH].[HH].[HH].[HH].[HH].[HH].[HH].[HH].[HH].[HH].[HH].[HH].[HH].[HH].[Ni]. The van der Waals surface area contributed by atoms with Gasteiger partial charge in [-0.25, -0.2) is 0 Å². The number of nitrogens with zero attached hydrogens (tertiary/aromatic N) is 2. The number of rotatable bonds is 11. The molecule has 0 saturated carbocycles. The summed E-state index contributed by atoms with van der Waals surface area (Å²) in [7, 11) is 0. The first kappa shape index (κ1) is 34.3. The Morgan fingerprint density at radius 3 is 2.17 bits per heavy atom. The first-order valence-electron chi connectivity index (χ1n) is 13.7. The van der Waals surface area contributed by atoms with Crippen molar-refractivity contribution in [1.29, 1.82) is 0 Å². The average molecular weight is 614 g/mol. The predicted octanol–water partition coefficient (Wildman–Crippen LogP) is 13.8. The van der Waals surface area contributed by atoms with Crippen LogP contribution in [0.1, 0.15) is 86.0 Å². The maximum absolute atomic E-state index is 9.36. The van der Waals surface area contributed by atoms with Gasteiger partial charge >= 0.3 is 0 Å². The van der Waals surface area contributed by atoms with Gasteiger partial charge in [0.25, 0.3) is 0 Å². The molecular formula is C35H74N2NiO2. The maximum Gasteiger partial charge on any atom is 0.160 e. The molecule has 5 heteroatoms. The average Bonchev–Trinajstić information content (AvgIpc) is 2.96. The molecule has 0 saturated heterocycles. The fraction of sp³-hybridized carbons (Fsp3) is 0.257. The van der Waals surface area contributed by atoms with Crippen molar-refractivity contribution < 1.29 is 49.5 Å². The molecule has 0 heterocycles. The number of unbranched alkanes of at least 4 members (excludes halogenated alkanes) is 1.